The molecule has 0 aliphatic carbocycles. The second-order valence-electron chi connectivity index (χ2n) is 5.47. The molecule has 1 heterocycles. The predicted molar refractivity (Wildman–Crippen MR) is 89.3 cm³/mol. The molecule has 3 N–H and O–H groups in total. The molecule has 4 heteroatoms. The van der Waals surface area contributed by atoms with Crippen LogP contribution in [0.3, 0.4) is 0 Å². The lowest BCUT2D eigenvalue weighted by Gasteiger charge is -2.14. The van der Waals surface area contributed by atoms with Crippen LogP contribution in [-0.4, -0.2) is 38.1 Å². The normalized spacial score (nSPS) is 23.5. The van der Waals surface area contributed by atoms with Crippen LogP contribution in [-0.2, 0) is 4.79 Å². The van der Waals surface area contributed by atoms with Crippen molar-refractivity contribution in [3.8, 4) is 0 Å². The molecule has 0 aromatic rings. The molecule has 1 atom stereocenters. The van der Waals surface area contributed by atoms with Gasteiger partial charge in [0.05, 0.1) is 0 Å². The van der Waals surface area contributed by atoms with Crippen molar-refractivity contribution < 1.29 is 4.79 Å². The highest BCUT2D eigenvalue weighted by Crippen LogP contribution is 1.99. The fraction of sp³-hybridized carbons (Fsp3) is 0.706. The Bertz CT molecular complexity index is 326. The molecule has 1 fully saturated rings. The Kier molecular flexibility index (Phi) is 10.8. The molecule has 0 unspecified atom stereocenters. The first-order chi connectivity index (χ1) is 10.3. The maximum absolute atomic E-state index is 11.9. The molecule has 0 radical (unpaired) electrons. The van der Waals surface area contributed by atoms with Crippen LogP contribution in [0.1, 0.15) is 45.4 Å². The first-order valence-electron chi connectivity index (χ1n) is 8.35. The van der Waals surface area contributed by atoms with Crippen LogP contribution in [0.25, 0.3) is 0 Å². The first kappa shape index (κ1) is 17.9. The van der Waals surface area contributed by atoms with Crippen molar-refractivity contribution in [2.24, 2.45) is 0 Å². The maximum Gasteiger partial charge on any atom is 0.221 e. The average molecular weight is 293 g/mol. The smallest absolute Gasteiger partial charge is 0.221 e. The summed E-state index contributed by atoms with van der Waals surface area (Å²) in [5, 5.41) is 9.88. The van der Waals surface area contributed by atoms with Gasteiger partial charge in [0, 0.05) is 19.0 Å². The third-order valence-corrected chi connectivity index (χ3v) is 3.49. The number of hydrogen-bond donors (Lipinski definition) is 3. The summed E-state index contributed by atoms with van der Waals surface area (Å²) in [6, 6.07) is 0.147. The van der Waals surface area contributed by atoms with Crippen molar-refractivity contribution in [1.82, 2.24) is 16.0 Å². The summed E-state index contributed by atoms with van der Waals surface area (Å²) < 4.78 is 0. The fourth-order valence-corrected chi connectivity index (χ4v) is 2.29. The minimum Gasteiger partial charge on any atom is -0.356 e. The molecule has 1 aliphatic heterocycles. The molecular weight excluding hydrogens is 262 g/mol. The van der Waals surface area contributed by atoms with Crippen LogP contribution in [0, 0.1) is 0 Å². The summed E-state index contributed by atoms with van der Waals surface area (Å²) >= 11 is 0. The third-order valence-electron chi connectivity index (χ3n) is 3.49. The van der Waals surface area contributed by atoms with Gasteiger partial charge in [-0.2, -0.15) is 0 Å². The van der Waals surface area contributed by atoms with Crippen molar-refractivity contribution in [3.63, 3.8) is 0 Å². The van der Waals surface area contributed by atoms with Crippen molar-refractivity contribution in [2.45, 2.75) is 51.5 Å². The maximum atomic E-state index is 11.9. The van der Waals surface area contributed by atoms with Crippen LogP contribution >= 0.6 is 0 Å². The fourth-order valence-electron chi connectivity index (χ4n) is 2.29. The number of carbonyl (C=O) groups is 1. The predicted octanol–water partition coefficient (Wildman–Crippen LogP) is 2.14. The number of nitrogens with one attached hydrogen (secondary N) is 3. The van der Waals surface area contributed by atoms with Gasteiger partial charge >= 0.3 is 0 Å². The highest BCUT2D eigenvalue weighted by atomic mass is 16.1. The molecule has 0 spiro atoms. The zero-order valence-corrected chi connectivity index (χ0v) is 13.4. The Labute approximate surface area is 129 Å². The number of rotatable bonds is 4. The Morgan fingerprint density at radius 1 is 1.05 bits per heavy atom. The monoisotopic (exact) mass is 293 g/mol. The van der Waals surface area contributed by atoms with Crippen molar-refractivity contribution in [3.05, 3.63) is 24.3 Å². The number of hydrogen-bond acceptors (Lipinski definition) is 3. The summed E-state index contributed by atoms with van der Waals surface area (Å²) in [5.41, 5.74) is 0. The van der Waals surface area contributed by atoms with Crippen molar-refractivity contribution >= 4 is 5.91 Å². The molecule has 1 amide bonds. The van der Waals surface area contributed by atoms with E-state index in [4.69, 9.17) is 0 Å². The highest BCUT2D eigenvalue weighted by molar-refractivity contribution is 5.76. The number of allylic oxidation sites excluding steroid dienone is 3. The van der Waals surface area contributed by atoms with Crippen LogP contribution in [0.15, 0.2) is 24.3 Å². The molecule has 1 aliphatic rings. The lowest BCUT2D eigenvalue weighted by Crippen LogP contribution is -2.35. The molecule has 0 saturated carbocycles. The summed E-state index contributed by atoms with van der Waals surface area (Å²) in [6.07, 6.45) is 14.5. The first-order valence-corrected chi connectivity index (χ1v) is 8.35. The molecule has 120 valence electrons. The highest BCUT2D eigenvalue weighted by Gasteiger charge is 2.10. The van der Waals surface area contributed by atoms with E-state index in [2.05, 4.69) is 47.2 Å². The molecule has 1 rings (SSSR count). The summed E-state index contributed by atoms with van der Waals surface area (Å²) in [6.45, 7) is 5.92. The summed E-state index contributed by atoms with van der Waals surface area (Å²) in [7, 11) is 0. The molecule has 4 nitrogen and oxygen atoms in total. The Balaban J connectivity index is 2.42. The van der Waals surface area contributed by atoms with Crippen LogP contribution in [0.5, 0.6) is 0 Å². The average Bonchev–Trinajstić information content (AvgIpc) is 2.49. The van der Waals surface area contributed by atoms with E-state index in [1.54, 1.807) is 0 Å². The van der Waals surface area contributed by atoms with Gasteiger partial charge in [-0.05, 0) is 51.7 Å². The third kappa shape index (κ3) is 10.3. The standard InChI is InChI=1S/C17H31N3O/c1-2-3-4-5-6-10-16-15-17(21)20-14-9-12-18-11-7-8-13-19-16/h3-4,6,10,16,18-19H,2,5,7-9,11-15H2,1H3,(H,20,21)/b4-3-,10-6-/t16-/m0/s1. The van der Waals surface area contributed by atoms with Gasteiger partial charge < -0.3 is 16.0 Å². The van der Waals surface area contributed by atoms with E-state index in [-0.39, 0.29) is 11.9 Å². The van der Waals surface area contributed by atoms with Gasteiger partial charge in [0.2, 0.25) is 5.91 Å². The second kappa shape index (κ2) is 12.6. The lowest BCUT2D eigenvalue weighted by molar-refractivity contribution is -0.121. The van der Waals surface area contributed by atoms with Gasteiger partial charge in [-0.3, -0.25) is 4.79 Å². The Hall–Kier alpha value is -1.13. The van der Waals surface area contributed by atoms with Crippen LogP contribution in [0.4, 0.5) is 0 Å². The second-order valence-corrected chi connectivity index (χ2v) is 5.47. The van der Waals surface area contributed by atoms with E-state index >= 15 is 0 Å². The molecule has 0 aromatic heterocycles. The van der Waals surface area contributed by atoms with E-state index in [0.717, 1.165) is 51.9 Å². The van der Waals surface area contributed by atoms with Gasteiger partial charge in [0.15, 0.2) is 0 Å². The zero-order chi connectivity index (χ0) is 15.2. The lowest BCUT2D eigenvalue weighted by atomic mass is 10.1. The zero-order valence-electron chi connectivity index (χ0n) is 13.4. The van der Waals surface area contributed by atoms with Crippen LogP contribution < -0.4 is 16.0 Å². The van der Waals surface area contributed by atoms with Gasteiger partial charge in [-0.1, -0.05) is 31.2 Å². The van der Waals surface area contributed by atoms with E-state index in [9.17, 15) is 4.79 Å². The summed E-state index contributed by atoms with van der Waals surface area (Å²) in [5.74, 6) is 0.139. The van der Waals surface area contributed by atoms with E-state index in [0.29, 0.717) is 6.42 Å². The van der Waals surface area contributed by atoms with Gasteiger partial charge in [-0.15, -0.1) is 0 Å². The van der Waals surface area contributed by atoms with Gasteiger partial charge in [0.25, 0.3) is 0 Å². The quantitative estimate of drug-likeness (QED) is 0.696. The minimum absolute atomic E-state index is 0.139. The number of amides is 1. The Morgan fingerprint density at radius 3 is 2.71 bits per heavy atom. The number of carbonyl (C=O) groups excluding carboxylic acids is 1. The van der Waals surface area contributed by atoms with E-state index in [1.807, 2.05) is 0 Å². The molecule has 0 aromatic carbocycles. The molecule has 1 saturated heterocycles. The molecule has 0 bridgehead atoms. The van der Waals surface area contributed by atoms with Gasteiger partial charge in [0.1, 0.15) is 0 Å². The summed E-state index contributed by atoms with van der Waals surface area (Å²) in [4.78, 5) is 11.9. The van der Waals surface area contributed by atoms with Gasteiger partial charge in [-0.25, -0.2) is 0 Å². The van der Waals surface area contributed by atoms with Crippen molar-refractivity contribution in [1.29, 1.82) is 0 Å². The topological polar surface area (TPSA) is 53.2 Å². The molecular formula is C17H31N3O. The Morgan fingerprint density at radius 2 is 1.86 bits per heavy atom. The van der Waals surface area contributed by atoms with E-state index < -0.39 is 0 Å². The SMILES string of the molecule is CC/C=C\C/C=C\[C@H]1CC(=O)NCCCNCCCCN1. The molecule has 21 heavy (non-hydrogen) atoms. The van der Waals surface area contributed by atoms with Crippen molar-refractivity contribution in [2.75, 3.05) is 26.2 Å². The van der Waals surface area contributed by atoms with E-state index in [1.165, 1.54) is 6.42 Å². The van der Waals surface area contributed by atoms with Crippen LogP contribution in [0.2, 0.25) is 0 Å². The minimum atomic E-state index is 0.139. The largest absolute Gasteiger partial charge is 0.356 e.